The maximum atomic E-state index is 8.45. The second-order valence-corrected chi connectivity index (χ2v) is 3.36. The number of benzene rings is 1. The average Bonchev–Trinajstić information content (AvgIpc) is 2.61. The zero-order valence-electron chi connectivity index (χ0n) is 8.34. The summed E-state index contributed by atoms with van der Waals surface area (Å²) in [7, 11) is 0. The molecule has 0 amide bonds. The van der Waals surface area contributed by atoms with Crippen LogP contribution < -0.4 is 5.32 Å². The van der Waals surface area contributed by atoms with Gasteiger partial charge in [0.1, 0.15) is 6.10 Å². The van der Waals surface area contributed by atoms with Gasteiger partial charge in [-0.3, -0.25) is 0 Å². The fourth-order valence-corrected chi connectivity index (χ4v) is 1.60. The molecule has 2 rings (SSSR count). The number of ether oxygens (including phenoxy) is 1. The van der Waals surface area contributed by atoms with Gasteiger partial charge in [0.15, 0.2) is 6.19 Å². The molecule has 15 heavy (non-hydrogen) atoms. The monoisotopic (exact) mass is 201 g/mol. The van der Waals surface area contributed by atoms with E-state index >= 15 is 0 Å². The first-order valence-corrected chi connectivity index (χ1v) is 4.76. The van der Waals surface area contributed by atoms with Crippen LogP contribution in [0.3, 0.4) is 0 Å². The number of amidine groups is 1. The van der Waals surface area contributed by atoms with Crippen LogP contribution in [0.5, 0.6) is 0 Å². The fraction of sp³-hybridized carbons (Fsp3) is 0.273. The lowest BCUT2D eigenvalue weighted by Gasteiger charge is -2.14. The van der Waals surface area contributed by atoms with Crippen molar-refractivity contribution in [2.75, 3.05) is 0 Å². The molecular weight excluding hydrogens is 190 g/mol. The number of aliphatic imine (C=N–C) groups is 1. The molecule has 2 atom stereocenters. The van der Waals surface area contributed by atoms with E-state index in [1.165, 1.54) is 0 Å². The molecule has 0 fully saturated rings. The van der Waals surface area contributed by atoms with E-state index in [1.54, 1.807) is 6.19 Å². The van der Waals surface area contributed by atoms with Crippen molar-refractivity contribution >= 4 is 6.02 Å². The minimum absolute atomic E-state index is 0.0308. The smallest absolute Gasteiger partial charge is 0.299 e. The molecular formula is C11H11N3O. The average molecular weight is 201 g/mol. The molecule has 0 radical (unpaired) electrons. The van der Waals surface area contributed by atoms with E-state index < -0.39 is 0 Å². The molecule has 0 aromatic heterocycles. The Kier molecular flexibility index (Phi) is 2.55. The first kappa shape index (κ1) is 9.53. The van der Waals surface area contributed by atoms with Gasteiger partial charge in [-0.05, 0) is 12.5 Å². The third-order valence-corrected chi connectivity index (χ3v) is 2.29. The minimum atomic E-state index is -0.0953. The first-order chi connectivity index (χ1) is 7.31. The molecule has 1 heterocycles. The Morgan fingerprint density at radius 2 is 2.13 bits per heavy atom. The van der Waals surface area contributed by atoms with Gasteiger partial charge < -0.3 is 4.74 Å². The van der Waals surface area contributed by atoms with Gasteiger partial charge in [0.2, 0.25) is 0 Å². The van der Waals surface area contributed by atoms with Gasteiger partial charge in [0.05, 0.1) is 6.04 Å². The van der Waals surface area contributed by atoms with Crippen LogP contribution in [0.2, 0.25) is 0 Å². The van der Waals surface area contributed by atoms with E-state index in [2.05, 4.69) is 10.3 Å². The van der Waals surface area contributed by atoms with Gasteiger partial charge in [-0.2, -0.15) is 5.26 Å². The first-order valence-electron chi connectivity index (χ1n) is 4.76. The summed E-state index contributed by atoms with van der Waals surface area (Å²) in [5.41, 5.74) is 1.07. The van der Waals surface area contributed by atoms with Crippen LogP contribution in [-0.4, -0.2) is 12.1 Å². The van der Waals surface area contributed by atoms with Crippen LogP contribution in [-0.2, 0) is 4.74 Å². The summed E-state index contributed by atoms with van der Waals surface area (Å²) in [4.78, 5) is 4.20. The van der Waals surface area contributed by atoms with Crippen molar-refractivity contribution in [1.29, 1.82) is 5.26 Å². The predicted octanol–water partition coefficient (Wildman–Crippen LogP) is 1.57. The minimum Gasteiger partial charge on any atom is -0.454 e. The van der Waals surface area contributed by atoms with E-state index in [1.807, 2.05) is 37.3 Å². The van der Waals surface area contributed by atoms with Crippen LogP contribution in [0.4, 0.5) is 0 Å². The zero-order valence-corrected chi connectivity index (χ0v) is 8.34. The Balaban J connectivity index is 2.13. The van der Waals surface area contributed by atoms with E-state index in [0.29, 0.717) is 6.02 Å². The third-order valence-electron chi connectivity index (χ3n) is 2.29. The largest absolute Gasteiger partial charge is 0.454 e. The van der Waals surface area contributed by atoms with Crippen LogP contribution >= 0.6 is 0 Å². The molecule has 1 aliphatic rings. The Morgan fingerprint density at radius 3 is 2.80 bits per heavy atom. The van der Waals surface area contributed by atoms with Gasteiger partial charge in [-0.1, -0.05) is 30.3 Å². The van der Waals surface area contributed by atoms with Crippen molar-refractivity contribution in [1.82, 2.24) is 5.32 Å². The lowest BCUT2D eigenvalue weighted by Crippen LogP contribution is -2.18. The molecule has 1 aromatic rings. The summed E-state index contributed by atoms with van der Waals surface area (Å²) >= 11 is 0. The molecule has 1 aromatic carbocycles. The quantitative estimate of drug-likeness (QED) is 0.554. The van der Waals surface area contributed by atoms with Crippen molar-refractivity contribution in [3.8, 4) is 6.19 Å². The van der Waals surface area contributed by atoms with E-state index in [-0.39, 0.29) is 12.1 Å². The van der Waals surface area contributed by atoms with Crippen LogP contribution in [0, 0.1) is 11.5 Å². The van der Waals surface area contributed by atoms with Gasteiger partial charge in [0, 0.05) is 0 Å². The van der Waals surface area contributed by atoms with Gasteiger partial charge in [-0.15, -0.1) is 0 Å². The van der Waals surface area contributed by atoms with E-state index in [0.717, 1.165) is 5.56 Å². The highest BCUT2D eigenvalue weighted by Crippen LogP contribution is 2.27. The second-order valence-electron chi connectivity index (χ2n) is 3.36. The Labute approximate surface area is 88.2 Å². The standard InChI is InChI=1S/C11H11N3O/c1-8-10(9-5-3-2-4-6-9)15-11(14-8)13-7-12/h2-6,8,10H,1H3,(H,13,14)/t8-,10-/m1/s1. The van der Waals surface area contributed by atoms with Gasteiger partial charge >= 0.3 is 0 Å². The van der Waals surface area contributed by atoms with Gasteiger partial charge in [0.25, 0.3) is 6.02 Å². The fourth-order valence-electron chi connectivity index (χ4n) is 1.60. The zero-order chi connectivity index (χ0) is 10.7. The maximum absolute atomic E-state index is 8.45. The Morgan fingerprint density at radius 1 is 1.40 bits per heavy atom. The van der Waals surface area contributed by atoms with E-state index in [4.69, 9.17) is 10.00 Å². The molecule has 0 spiro atoms. The van der Waals surface area contributed by atoms with E-state index in [9.17, 15) is 0 Å². The normalized spacial score (nSPS) is 23.9. The second kappa shape index (κ2) is 4.01. The van der Waals surface area contributed by atoms with Crippen molar-refractivity contribution in [3.63, 3.8) is 0 Å². The van der Waals surface area contributed by atoms with Crippen molar-refractivity contribution in [3.05, 3.63) is 35.9 Å². The summed E-state index contributed by atoms with van der Waals surface area (Å²) in [6, 6.07) is 10.2. The lowest BCUT2D eigenvalue weighted by atomic mass is 10.0. The Bertz CT molecular complexity index is 408. The highest BCUT2D eigenvalue weighted by molar-refractivity contribution is 5.77. The molecule has 76 valence electrons. The lowest BCUT2D eigenvalue weighted by molar-refractivity contribution is 0.196. The highest BCUT2D eigenvalue weighted by Gasteiger charge is 2.28. The van der Waals surface area contributed by atoms with Crippen molar-refractivity contribution in [2.45, 2.75) is 19.1 Å². The van der Waals surface area contributed by atoms with Crippen LogP contribution in [0.25, 0.3) is 0 Å². The van der Waals surface area contributed by atoms with Crippen molar-refractivity contribution in [2.24, 2.45) is 4.99 Å². The summed E-state index contributed by atoms with van der Waals surface area (Å²) in [5.74, 6) is 0. The molecule has 4 nitrogen and oxygen atoms in total. The van der Waals surface area contributed by atoms with Crippen LogP contribution in [0.1, 0.15) is 18.6 Å². The molecule has 4 heteroatoms. The molecule has 0 aliphatic carbocycles. The molecule has 1 aliphatic heterocycles. The molecule has 0 saturated carbocycles. The van der Waals surface area contributed by atoms with Gasteiger partial charge in [-0.25, -0.2) is 10.3 Å². The third kappa shape index (κ3) is 1.91. The number of nitrogens with zero attached hydrogens (tertiary/aromatic N) is 2. The highest BCUT2D eigenvalue weighted by atomic mass is 16.5. The molecule has 1 N–H and O–H groups in total. The number of hydrogen-bond acceptors (Lipinski definition) is 4. The number of rotatable bonds is 1. The van der Waals surface area contributed by atoms with Crippen LogP contribution in [0.15, 0.2) is 35.3 Å². The Hall–Kier alpha value is -2.02. The SMILES string of the molecule is C[C@H]1N=C(NC#N)O[C@H]1c1ccccc1. The maximum Gasteiger partial charge on any atom is 0.299 e. The topological polar surface area (TPSA) is 57.4 Å². The molecule has 0 saturated heterocycles. The summed E-state index contributed by atoms with van der Waals surface area (Å²) in [6.45, 7) is 1.96. The predicted molar refractivity (Wildman–Crippen MR) is 55.9 cm³/mol. The summed E-state index contributed by atoms with van der Waals surface area (Å²) in [5, 5.41) is 10.9. The molecule has 0 bridgehead atoms. The molecule has 0 unspecified atom stereocenters. The summed E-state index contributed by atoms with van der Waals surface area (Å²) in [6.07, 6.45) is 1.70. The number of hydrogen-bond donors (Lipinski definition) is 1. The number of nitrogens with one attached hydrogen (secondary N) is 1. The summed E-state index contributed by atoms with van der Waals surface area (Å²) < 4.78 is 5.52. The van der Waals surface area contributed by atoms with Crippen molar-refractivity contribution < 1.29 is 4.74 Å². The number of nitriles is 1.